The molecule has 0 saturated heterocycles. The van der Waals surface area contributed by atoms with E-state index < -0.39 is 5.54 Å². The van der Waals surface area contributed by atoms with Crippen molar-refractivity contribution in [2.75, 3.05) is 0 Å². The average Bonchev–Trinajstić information content (AvgIpc) is 2.67. The average molecular weight is 183 g/mol. The molecule has 0 amide bonds. The van der Waals surface area contributed by atoms with E-state index in [1.807, 2.05) is 6.92 Å². The second-order valence-electron chi connectivity index (χ2n) is 3.35. The van der Waals surface area contributed by atoms with Gasteiger partial charge in [-0.05, 0) is 12.8 Å². The largest absolute Gasteiger partial charge is 0.319 e. The summed E-state index contributed by atoms with van der Waals surface area (Å²) in [6.45, 7) is 4.19. The molecule has 0 aliphatic carbocycles. The minimum Gasteiger partial charge on any atom is -0.319 e. The van der Waals surface area contributed by atoms with E-state index in [1.165, 1.54) is 0 Å². The van der Waals surface area contributed by atoms with Crippen molar-refractivity contribution in [2.45, 2.75) is 45.1 Å². The molecule has 0 aliphatic heterocycles. The third kappa shape index (κ3) is 2.24. The molecule has 1 rings (SSSR count). The summed E-state index contributed by atoms with van der Waals surface area (Å²) >= 11 is 0. The molecule has 1 heterocycles. The van der Waals surface area contributed by atoms with Crippen LogP contribution < -0.4 is 5.73 Å². The van der Waals surface area contributed by atoms with E-state index in [-0.39, 0.29) is 0 Å². The van der Waals surface area contributed by atoms with E-state index in [4.69, 9.17) is 5.73 Å². The molecule has 0 saturated carbocycles. The van der Waals surface area contributed by atoms with Gasteiger partial charge in [0.1, 0.15) is 0 Å². The fourth-order valence-corrected chi connectivity index (χ4v) is 1.31. The zero-order valence-electron chi connectivity index (χ0n) is 8.25. The zero-order chi connectivity index (χ0) is 9.73. The van der Waals surface area contributed by atoms with Gasteiger partial charge in [0, 0.05) is 0 Å². The smallest absolute Gasteiger partial charge is 0.194 e. The maximum atomic E-state index is 6.16. The number of tetrazole rings is 1. The summed E-state index contributed by atoms with van der Waals surface area (Å²) < 4.78 is 0. The van der Waals surface area contributed by atoms with E-state index in [0.717, 1.165) is 25.7 Å². The lowest BCUT2D eigenvalue weighted by atomic mass is 9.90. The van der Waals surface area contributed by atoms with Crippen molar-refractivity contribution < 1.29 is 0 Å². The number of unbranched alkanes of at least 4 members (excludes halogenated alkanes) is 1. The highest BCUT2D eigenvalue weighted by molar-refractivity contribution is 5.00. The first-order valence-electron chi connectivity index (χ1n) is 4.75. The van der Waals surface area contributed by atoms with Gasteiger partial charge >= 0.3 is 0 Å². The summed E-state index contributed by atoms with van der Waals surface area (Å²) in [5.74, 6) is 0.628. The SMILES string of the molecule is CCCCC(N)(CC)c1nn[nH]n1. The van der Waals surface area contributed by atoms with Crippen molar-refractivity contribution in [3.8, 4) is 0 Å². The predicted molar refractivity (Wildman–Crippen MR) is 49.9 cm³/mol. The van der Waals surface area contributed by atoms with Crippen LogP contribution in [-0.4, -0.2) is 20.6 Å². The van der Waals surface area contributed by atoms with E-state index in [9.17, 15) is 0 Å². The van der Waals surface area contributed by atoms with Crippen molar-refractivity contribution in [1.82, 2.24) is 20.6 Å². The van der Waals surface area contributed by atoms with Crippen LogP contribution >= 0.6 is 0 Å². The number of hydrogen-bond donors (Lipinski definition) is 2. The molecule has 1 atom stereocenters. The van der Waals surface area contributed by atoms with Gasteiger partial charge in [0.25, 0.3) is 0 Å². The molecule has 5 nitrogen and oxygen atoms in total. The Balaban J connectivity index is 2.69. The molecule has 1 aromatic heterocycles. The van der Waals surface area contributed by atoms with Crippen LogP contribution in [0, 0.1) is 0 Å². The maximum Gasteiger partial charge on any atom is 0.194 e. The quantitative estimate of drug-likeness (QED) is 0.712. The summed E-state index contributed by atoms with van der Waals surface area (Å²) in [4.78, 5) is 0. The standard InChI is InChI=1S/C8H17N5/c1-3-5-6-8(9,4-2)7-10-12-13-11-7/h3-6,9H2,1-2H3,(H,10,11,12,13). The molecule has 0 aliphatic rings. The molecule has 0 radical (unpaired) electrons. The zero-order valence-corrected chi connectivity index (χ0v) is 8.25. The van der Waals surface area contributed by atoms with Crippen LogP contribution in [0.2, 0.25) is 0 Å². The Hall–Kier alpha value is -0.970. The number of aromatic nitrogens is 4. The molecule has 13 heavy (non-hydrogen) atoms. The van der Waals surface area contributed by atoms with Crippen molar-refractivity contribution in [3.05, 3.63) is 5.82 Å². The second-order valence-corrected chi connectivity index (χ2v) is 3.35. The van der Waals surface area contributed by atoms with Gasteiger partial charge in [-0.2, -0.15) is 5.21 Å². The maximum absolute atomic E-state index is 6.16. The van der Waals surface area contributed by atoms with Gasteiger partial charge in [0.2, 0.25) is 0 Å². The molecule has 3 N–H and O–H groups in total. The Morgan fingerprint density at radius 3 is 2.69 bits per heavy atom. The van der Waals surface area contributed by atoms with Crippen LogP contribution in [0.4, 0.5) is 0 Å². The fraction of sp³-hybridized carbons (Fsp3) is 0.875. The number of aromatic amines is 1. The third-order valence-corrected chi connectivity index (χ3v) is 2.40. The van der Waals surface area contributed by atoms with Crippen molar-refractivity contribution in [2.24, 2.45) is 5.73 Å². The molecular formula is C8H17N5. The fourth-order valence-electron chi connectivity index (χ4n) is 1.31. The second kappa shape index (κ2) is 4.32. The number of nitrogens with one attached hydrogen (secondary N) is 1. The van der Waals surface area contributed by atoms with E-state index in [0.29, 0.717) is 5.82 Å². The predicted octanol–water partition coefficient (Wildman–Crippen LogP) is 0.954. The van der Waals surface area contributed by atoms with Gasteiger partial charge in [-0.3, -0.25) is 0 Å². The summed E-state index contributed by atoms with van der Waals surface area (Å²) in [6, 6.07) is 0. The van der Waals surface area contributed by atoms with Crippen molar-refractivity contribution in [1.29, 1.82) is 0 Å². The van der Waals surface area contributed by atoms with Crippen molar-refractivity contribution >= 4 is 0 Å². The van der Waals surface area contributed by atoms with Gasteiger partial charge in [-0.25, -0.2) is 0 Å². The molecular weight excluding hydrogens is 166 g/mol. The molecule has 1 unspecified atom stereocenters. The number of H-pyrrole nitrogens is 1. The van der Waals surface area contributed by atoms with E-state index in [1.54, 1.807) is 0 Å². The van der Waals surface area contributed by atoms with E-state index in [2.05, 4.69) is 27.5 Å². The minimum atomic E-state index is -0.400. The van der Waals surface area contributed by atoms with Crippen LogP contribution in [0.15, 0.2) is 0 Å². The van der Waals surface area contributed by atoms with Crippen LogP contribution in [0.1, 0.15) is 45.4 Å². The number of nitrogens with zero attached hydrogens (tertiary/aromatic N) is 3. The molecule has 74 valence electrons. The van der Waals surface area contributed by atoms with Crippen LogP contribution in [0.3, 0.4) is 0 Å². The van der Waals surface area contributed by atoms with Crippen LogP contribution in [-0.2, 0) is 5.54 Å². The first-order valence-corrected chi connectivity index (χ1v) is 4.75. The molecule has 1 aromatic rings. The van der Waals surface area contributed by atoms with Gasteiger partial charge in [-0.15, -0.1) is 10.2 Å². The third-order valence-electron chi connectivity index (χ3n) is 2.40. The van der Waals surface area contributed by atoms with Gasteiger partial charge in [0.15, 0.2) is 5.82 Å². The van der Waals surface area contributed by atoms with Crippen LogP contribution in [0.5, 0.6) is 0 Å². The van der Waals surface area contributed by atoms with Crippen molar-refractivity contribution in [3.63, 3.8) is 0 Å². The lowest BCUT2D eigenvalue weighted by Crippen LogP contribution is -2.37. The highest BCUT2D eigenvalue weighted by Gasteiger charge is 2.28. The lowest BCUT2D eigenvalue weighted by Gasteiger charge is -2.23. The normalized spacial score (nSPS) is 15.6. The number of rotatable bonds is 5. The Morgan fingerprint density at radius 1 is 1.46 bits per heavy atom. The summed E-state index contributed by atoms with van der Waals surface area (Å²) in [5.41, 5.74) is 5.76. The monoisotopic (exact) mass is 183 g/mol. The summed E-state index contributed by atoms with van der Waals surface area (Å²) in [5, 5.41) is 13.8. The number of nitrogens with two attached hydrogens (primary N) is 1. The highest BCUT2D eigenvalue weighted by atomic mass is 15.5. The van der Waals surface area contributed by atoms with E-state index >= 15 is 0 Å². The highest BCUT2D eigenvalue weighted by Crippen LogP contribution is 2.23. The lowest BCUT2D eigenvalue weighted by molar-refractivity contribution is 0.359. The number of hydrogen-bond acceptors (Lipinski definition) is 4. The van der Waals surface area contributed by atoms with Crippen LogP contribution in [0.25, 0.3) is 0 Å². The van der Waals surface area contributed by atoms with Gasteiger partial charge in [-0.1, -0.05) is 31.9 Å². The molecule has 0 spiro atoms. The first kappa shape index (κ1) is 10.1. The summed E-state index contributed by atoms with van der Waals surface area (Å²) in [7, 11) is 0. The van der Waals surface area contributed by atoms with Gasteiger partial charge in [0.05, 0.1) is 5.54 Å². The minimum absolute atomic E-state index is 0.400. The molecule has 0 aromatic carbocycles. The first-order chi connectivity index (χ1) is 6.23. The van der Waals surface area contributed by atoms with Gasteiger partial charge < -0.3 is 5.73 Å². The molecule has 5 heteroatoms. The summed E-state index contributed by atoms with van der Waals surface area (Å²) in [6.07, 6.45) is 3.99. The Kier molecular flexibility index (Phi) is 3.36. The Bertz CT molecular complexity index is 233. The molecule has 0 fully saturated rings. The Labute approximate surface area is 78.1 Å². The molecule has 0 bridgehead atoms. The topological polar surface area (TPSA) is 80.5 Å². The Morgan fingerprint density at radius 2 is 2.23 bits per heavy atom.